The fourth-order valence-corrected chi connectivity index (χ4v) is 2.43. The minimum atomic E-state index is -2.73. The van der Waals surface area contributed by atoms with E-state index < -0.39 is 24.0 Å². The normalized spacial score (nSPS) is 18.2. The molecule has 1 aliphatic rings. The van der Waals surface area contributed by atoms with Gasteiger partial charge < -0.3 is 15.2 Å². The van der Waals surface area contributed by atoms with E-state index >= 15 is 0 Å². The van der Waals surface area contributed by atoms with Crippen molar-refractivity contribution in [3.8, 4) is 11.5 Å². The summed E-state index contributed by atoms with van der Waals surface area (Å²) in [5.41, 5.74) is -0.140. The lowest BCUT2D eigenvalue weighted by molar-refractivity contribution is 0.0167. The second-order valence-corrected chi connectivity index (χ2v) is 4.61. The van der Waals surface area contributed by atoms with Gasteiger partial charge in [0.2, 0.25) is 0 Å². The summed E-state index contributed by atoms with van der Waals surface area (Å²) in [5.74, 6) is -1.28. The summed E-state index contributed by atoms with van der Waals surface area (Å²) in [6.07, 6.45) is -2.73. The maximum Gasteiger partial charge on any atom is 0.258 e. The van der Waals surface area contributed by atoms with Crippen LogP contribution in [0.3, 0.4) is 0 Å². The van der Waals surface area contributed by atoms with Crippen LogP contribution in [-0.4, -0.2) is 49.7 Å². The molecule has 0 amide bonds. The van der Waals surface area contributed by atoms with Crippen molar-refractivity contribution in [2.45, 2.75) is 12.5 Å². The van der Waals surface area contributed by atoms with E-state index in [0.717, 1.165) is 12.1 Å². The number of piperazine rings is 1. The molecule has 1 heterocycles. The molecule has 0 aliphatic carbocycles. The van der Waals surface area contributed by atoms with Gasteiger partial charge in [-0.25, -0.2) is 13.2 Å². The Hall–Kier alpha value is -1.47. The molecule has 0 bridgehead atoms. The highest BCUT2D eigenvalue weighted by molar-refractivity contribution is 5.47. The maximum absolute atomic E-state index is 13.5. The molecule has 4 nitrogen and oxygen atoms in total. The quantitative estimate of drug-likeness (QED) is 0.887. The largest absolute Gasteiger partial charge is 0.504 e. The van der Waals surface area contributed by atoms with Crippen LogP contribution in [0.4, 0.5) is 13.2 Å². The molecule has 2 rings (SSSR count). The summed E-state index contributed by atoms with van der Waals surface area (Å²) in [6, 6.07) is 0.567. The lowest BCUT2D eigenvalue weighted by Crippen LogP contribution is -2.46. The van der Waals surface area contributed by atoms with E-state index in [9.17, 15) is 18.3 Å². The first kappa shape index (κ1) is 14.9. The van der Waals surface area contributed by atoms with Crippen molar-refractivity contribution >= 4 is 0 Å². The van der Waals surface area contributed by atoms with Crippen LogP contribution in [-0.2, 0) is 0 Å². The molecule has 20 heavy (non-hydrogen) atoms. The van der Waals surface area contributed by atoms with Crippen molar-refractivity contribution in [3.63, 3.8) is 0 Å². The lowest BCUT2D eigenvalue weighted by atomic mass is 10.0. The SMILES string of the molecule is COc1cc(F)cc([C@H](C(F)F)N2CCNCC2)c1O. The van der Waals surface area contributed by atoms with Gasteiger partial charge >= 0.3 is 0 Å². The molecule has 112 valence electrons. The van der Waals surface area contributed by atoms with Crippen LogP contribution in [0.5, 0.6) is 11.5 Å². The van der Waals surface area contributed by atoms with Crippen molar-refractivity contribution in [3.05, 3.63) is 23.5 Å². The van der Waals surface area contributed by atoms with E-state index in [-0.39, 0.29) is 11.3 Å². The second-order valence-electron chi connectivity index (χ2n) is 4.61. The van der Waals surface area contributed by atoms with Crippen LogP contribution in [0, 0.1) is 5.82 Å². The Bertz CT molecular complexity index is 465. The van der Waals surface area contributed by atoms with Crippen LogP contribution in [0.2, 0.25) is 0 Å². The third kappa shape index (κ3) is 2.99. The molecule has 2 N–H and O–H groups in total. The minimum Gasteiger partial charge on any atom is -0.504 e. The first-order valence-electron chi connectivity index (χ1n) is 6.34. The first-order chi connectivity index (χ1) is 9.54. The number of phenolic OH excluding ortho intramolecular Hbond substituents is 1. The summed E-state index contributed by atoms with van der Waals surface area (Å²) in [4.78, 5) is 1.54. The number of nitrogens with one attached hydrogen (secondary N) is 1. The molecule has 1 saturated heterocycles. The molecular weight excluding hydrogens is 273 g/mol. The third-order valence-corrected chi connectivity index (χ3v) is 3.39. The summed E-state index contributed by atoms with van der Waals surface area (Å²) in [7, 11) is 1.25. The van der Waals surface area contributed by atoms with Gasteiger partial charge in [-0.05, 0) is 6.07 Å². The number of methoxy groups -OCH3 is 1. The Labute approximate surface area is 115 Å². The molecule has 0 saturated carbocycles. The Kier molecular flexibility index (Phi) is 4.72. The Morgan fingerprint density at radius 3 is 2.50 bits per heavy atom. The summed E-state index contributed by atoms with van der Waals surface area (Å²) in [6.45, 7) is 1.98. The number of rotatable bonds is 4. The molecule has 0 aromatic heterocycles. The van der Waals surface area contributed by atoms with Crippen LogP contribution in [0.1, 0.15) is 11.6 Å². The molecule has 7 heteroatoms. The Morgan fingerprint density at radius 1 is 1.30 bits per heavy atom. The van der Waals surface area contributed by atoms with Crippen LogP contribution in [0.15, 0.2) is 12.1 Å². The highest BCUT2D eigenvalue weighted by Gasteiger charge is 2.33. The number of benzene rings is 1. The summed E-state index contributed by atoms with van der Waals surface area (Å²) >= 11 is 0. The van der Waals surface area contributed by atoms with Crippen LogP contribution in [0.25, 0.3) is 0 Å². The molecule has 1 aromatic carbocycles. The number of aromatic hydroxyl groups is 1. The van der Waals surface area contributed by atoms with E-state index in [0.29, 0.717) is 26.2 Å². The van der Waals surface area contributed by atoms with Gasteiger partial charge in [0.05, 0.1) is 7.11 Å². The van der Waals surface area contributed by atoms with E-state index in [1.54, 1.807) is 0 Å². The van der Waals surface area contributed by atoms with Gasteiger partial charge in [-0.3, -0.25) is 4.90 Å². The smallest absolute Gasteiger partial charge is 0.258 e. The van der Waals surface area contributed by atoms with Crippen molar-refractivity contribution in [1.82, 2.24) is 10.2 Å². The lowest BCUT2D eigenvalue weighted by Gasteiger charge is -2.35. The molecule has 1 atom stereocenters. The van der Waals surface area contributed by atoms with Crippen molar-refractivity contribution in [2.24, 2.45) is 0 Å². The number of halogens is 3. The maximum atomic E-state index is 13.5. The van der Waals surface area contributed by atoms with E-state index in [2.05, 4.69) is 5.32 Å². The van der Waals surface area contributed by atoms with E-state index in [4.69, 9.17) is 4.74 Å². The summed E-state index contributed by atoms with van der Waals surface area (Å²) < 4.78 is 45.1. The van der Waals surface area contributed by atoms with Gasteiger partial charge in [0, 0.05) is 37.8 Å². The van der Waals surface area contributed by atoms with Crippen molar-refractivity contribution < 1.29 is 23.0 Å². The number of alkyl halides is 2. The Morgan fingerprint density at radius 2 is 1.95 bits per heavy atom. The number of hydrogen-bond acceptors (Lipinski definition) is 4. The highest BCUT2D eigenvalue weighted by Crippen LogP contribution is 2.39. The number of nitrogens with zero attached hydrogens (tertiary/aromatic N) is 1. The standard InChI is InChI=1S/C13H17F3N2O2/c1-20-10-7-8(14)6-9(12(10)19)11(13(15)16)18-4-2-17-3-5-18/h6-7,11,13,17,19H,2-5H2,1H3/t11-/m1/s1. The van der Waals surface area contributed by atoms with Crippen LogP contribution < -0.4 is 10.1 Å². The fourth-order valence-electron chi connectivity index (χ4n) is 2.43. The van der Waals surface area contributed by atoms with Gasteiger partial charge in [0.15, 0.2) is 11.5 Å². The molecule has 1 aliphatic heterocycles. The summed E-state index contributed by atoms with van der Waals surface area (Å²) in [5, 5.41) is 13.1. The second kappa shape index (κ2) is 6.32. The molecule has 1 fully saturated rings. The topological polar surface area (TPSA) is 44.7 Å². The van der Waals surface area contributed by atoms with E-state index in [1.807, 2.05) is 0 Å². The Balaban J connectivity index is 2.40. The predicted octanol–water partition coefficient (Wildman–Crippen LogP) is 1.75. The van der Waals surface area contributed by atoms with Crippen molar-refractivity contribution in [1.29, 1.82) is 0 Å². The van der Waals surface area contributed by atoms with Gasteiger partial charge in [-0.1, -0.05) is 0 Å². The molecule has 0 radical (unpaired) electrons. The molecular formula is C13H17F3N2O2. The minimum absolute atomic E-state index is 0.138. The molecule has 0 unspecified atom stereocenters. The van der Waals surface area contributed by atoms with Crippen molar-refractivity contribution in [2.75, 3.05) is 33.3 Å². The fraction of sp³-hybridized carbons (Fsp3) is 0.538. The number of phenols is 1. The van der Waals surface area contributed by atoms with Gasteiger partial charge in [-0.2, -0.15) is 0 Å². The molecule has 0 spiro atoms. The zero-order chi connectivity index (χ0) is 14.7. The monoisotopic (exact) mass is 290 g/mol. The average Bonchev–Trinajstić information content (AvgIpc) is 2.43. The third-order valence-electron chi connectivity index (χ3n) is 3.39. The zero-order valence-corrected chi connectivity index (χ0v) is 11.1. The predicted molar refractivity (Wildman–Crippen MR) is 67.8 cm³/mol. The number of ether oxygens (including phenoxy) is 1. The van der Waals surface area contributed by atoms with Crippen LogP contribution >= 0.6 is 0 Å². The molecule has 1 aromatic rings. The van der Waals surface area contributed by atoms with E-state index in [1.165, 1.54) is 12.0 Å². The van der Waals surface area contributed by atoms with Gasteiger partial charge in [0.25, 0.3) is 6.43 Å². The zero-order valence-electron chi connectivity index (χ0n) is 11.1. The van der Waals surface area contributed by atoms with Gasteiger partial charge in [0.1, 0.15) is 11.9 Å². The number of hydrogen-bond donors (Lipinski definition) is 2. The van der Waals surface area contributed by atoms with Gasteiger partial charge in [-0.15, -0.1) is 0 Å². The average molecular weight is 290 g/mol. The first-order valence-corrected chi connectivity index (χ1v) is 6.34. The highest BCUT2D eigenvalue weighted by atomic mass is 19.3.